The molecule has 0 unspecified atom stereocenters. The quantitative estimate of drug-likeness (QED) is 0.812. The van der Waals surface area contributed by atoms with Crippen molar-refractivity contribution in [1.82, 2.24) is 9.55 Å². The molecule has 118 valence electrons. The van der Waals surface area contributed by atoms with Crippen LogP contribution in [0.2, 0.25) is 10.0 Å². The number of primary amides is 1. The highest BCUT2D eigenvalue weighted by molar-refractivity contribution is 6.36. The van der Waals surface area contributed by atoms with E-state index in [1.165, 1.54) is 0 Å². The SMILES string of the molecule is NC(=O)CCCn1cc(-c2ccc(Cl)cc2Cl)nc1CCO. The first-order valence-corrected chi connectivity index (χ1v) is 7.67. The van der Waals surface area contributed by atoms with Gasteiger partial charge in [0.25, 0.3) is 0 Å². The van der Waals surface area contributed by atoms with Crippen molar-refractivity contribution in [3.8, 4) is 11.3 Å². The van der Waals surface area contributed by atoms with E-state index >= 15 is 0 Å². The average Bonchev–Trinajstić information content (AvgIpc) is 2.82. The van der Waals surface area contributed by atoms with Crippen molar-refractivity contribution in [3.63, 3.8) is 0 Å². The van der Waals surface area contributed by atoms with Crippen LogP contribution in [0.4, 0.5) is 0 Å². The number of hydrogen-bond acceptors (Lipinski definition) is 3. The Morgan fingerprint density at radius 1 is 1.36 bits per heavy atom. The van der Waals surface area contributed by atoms with Crippen molar-refractivity contribution >= 4 is 29.1 Å². The van der Waals surface area contributed by atoms with E-state index in [1.807, 2.05) is 16.8 Å². The third kappa shape index (κ3) is 4.22. The second-order valence-corrected chi connectivity index (χ2v) is 5.75. The summed E-state index contributed by atoms with van der Waals surface area (Å²) in [7, 11) is 0. The molecule has 0 aliphatic heterocycles. The first kappa shape index (κ1) is 16.8. The first-order chi connectivity index (χ1) is 10.5. The minimum Gasteiger partial charge on any atom is -0.396 e. The molecule has 0 aliphatic rings. The Hall–Kier alpha value is -1.56. The fourth-order valence-corrected chi connectivity index (χ4v) is 2.70. The van der Waals surface area contributed by atoms with Crippen molar-refractivity contribution in [1.29, 1.82) is 0 Å². The summed E-state index contributed by atoms with van der Waals surface area (Å²) < 4.78 is 1.92. The molecule has 0 radical (unpaired) electrons. The number of halogens is 2. The molecule has 0 aliphatic carbocycles. The summed E-state index contributed by atoms with van der Waals surface area (Å²) in [5, 5.41) is 10.2. The lowest BCUT2D eigenvalue weighted by molar-refractivity contribution is -0.118. The number of aromatic nitrogens is 2. The molecule has 1 heterocycles. The van der Waals surface area contributed by atoms with Gasteiger partial charge in [0.05, 0.1) is 17.3 Å². The fourth-order valence-electron chi connectivity index (χ4n) is 2.20. The largest absolute Gasteiger partial charge is 0.396 e. The van der Waals surface area contributed by atoms with E-state index in [0.717, 1.165) is 11.4 Å². The topological polar surface area (TPSA) is 81.1 Å². The summed E-state index contributed by atoms with van der Waals surface area (Å²) in [6.45, 7) is 0.608. The van der Waals surface area contributed by atoms with Gasteiger partial charge < -0.3 is 15.4 Å². The normalized spacial score (nSPS) is 10.9. The van der Waals surface area contributed by atoms with Crippen molar-refractivity contribution in [2.45, 2.75) is 25.8 Å². The molecule has 0 fully saturated rings. The number of nitrogens with zero attached hydrogens (tertiary/aromatic N) is 2. The van der Waals surface area contributed by atoms with Gasteiger partial charge in [-0.1, -0.05) is 23.2 Å². The minimum atomic E-state index is -0.329. The number of nitrogens with two attached hydrogens (primary N) is 1. The summed E-state index contributed by atoms with van der Waals surface area (Å²) in [5.74, 6) is 0.415. The molecule has 1 amide bonds. The maximum Gasteiger partial charge on any atom is 0.217 e. The third-order valence-electron chi connectivity index (χ3n) is 3.22. The molecule has 2 aromatic rings. The highest BCUT2D eigenvalue weighted by Crippen LogP contribution is 2.30. The lowest BCUT2D eigenvalue weighted by Gasteiger charge is -2.05. The van der Waals surface area contributed by atoms with E-state index in [0.29, 0.717) is 41.5 Å². The van der Waals surface area contributed by atoms with E-state index < -0.39 is 0 Å². The summed E-state index contributed by atoms with van der Waals surface area (Å²) in [4.78, 5) is 15.3. The van der Waals surface area contributed by atoms with Crippen molar-refractivity contribution in [2.75, 3.05) is 6.61 Å². The number of benzene rings is 1. The molecule has 22 heavy (non-hydrogen) atoms. The van der Waals surface area contributed by atoms with Gasteiger partial charge in [-0.25, -0.2) is 4.98 Å². The zero-order chi connectivity index (χ0) is 16.1. The number of amides is 1. The minimum absolute atomic E-state index is 0.000618. The van der Waals surface area contributed by atoms with Crippen LogP contribution in [-0.2, 0) is 17.8 Å². The summed E-state index contributed by atoms with van der Waals surface area (Å²) in [5.41, 5.74) is 6.64. The van der Waals surface area contributed by atoms with Crippen LogP contribution in [0.25, 0.3) is 11.3 Å². The van der Waals surface area contributed by atoms with Gasteiger partial charge in [-0.15, -0.1) is 0 Å². The van der Waals surface area contributed by atoms with Gasteiger partial charge >= 0.3 is 0 Å². The number of aliphatic hydroxyl groups excluding tert-OH is 1. The highest BCUT2D eigenvalue weighted by atomic mass is 35.5. The van der Waals surface area contributed by atoms with Crippen LogP contribution in [0.5, 0.6) is 0 Å². The molecule has 0 saturated carbocycles. The number of rotatable bonds is 7. The number of aryl methyl sites for hydroxylation is 1. The summed E-state index contributed by atoms with van der Waals surface area (Å²) in [6.07, 6.45) is 3.23. The molecular weight excluding hydrogens is 325 g/mol. The molecule has 0 spiro atoms. The lowest BCUT2D eigenvalue weighted by atomic mass is 10.2. The van der Waals surface area contributed by atoms with Gasteiger partial charge in [-0.2, -0.15) is 0 Å². The van der Waals surface area contributed by atoms with Gasteiger partial charge in [0.1, 0.15) is 5.82 Å². The van der Waals surface area contributed by atoms with E-state index in [-0.39, 0.29) is 12.5 Å². The number of hydrogen-bond donors (Lipinski definition) is 2. The van der Waals surface area contributed by atoms with Crippen LogP contribution in [0.1, 0.15) is 18.7 Å². The first-order valence-electron chi connectivity index (χ1n) is 6.92. The zero-order valence-electron chi connectivity index (χ0n) is 11.9. The molecule has 3 N–H and O–H groups in total. The van der Waals surface area contributed by atoms with Crippen LogP contribution >= 0.6 is 23.2 Å². The molecule has 2 rings (SSSR count). The van der Waals surface area contributed by atoms with Crippen LogP contribution in [-0.4, -0.2) is 27.2 Å². The Morgan fingerprint density at radius 2 is 2.14 bits per heavy atom. The average molecular weight is 342 g/mol. The van der Waals surface area contributed by atoms with Crippen LogP contribution in [0.15, 0.2) is 24.4 Å². The number of carbonyl (C=O) groups is 1. The van der Waals surface area contributed by atoms with E-state index in [4.69, 9.17) is 34.0 Å². The highest BCUT2D eigenvalue weighted by Gasteiger charge is 2.12. The van der Waals surface area contributed by atoms with Crippen molar-refractivity contribution in [2.24, 2.45) is 5.73 Å². The third-order valence-corrected chi connectivity index (χ3v) is 3.77. The molecule has 1 aromatic carbocycles. The molecule has 0 atom stereocenters. The van der Waals surface area contributed by atoms with Crippen LogP contribution in [0, 0.1) is 0 Å². The van der Waals surface area contributed by atoms with Crippen molar-refractivity contribution in [3.05, 3.63) is 40.3 Å². The lowest BCUT2D eigenvalue weighted by Crippen LogP contribution is -2.12. The Balaban J connectivity index is 2.27. The standard InChI is InChI=1S/C15H17Cl2N3O2/c16-10-3-4-11(12(17)8-10)13-9-20(6-1-2-14(18)22)15(19-13)5-7-21/h3-4,8-9,21H,1-2,5-7H2,(H2,18,22). The number of imidazole rings is 1. The fraction of sp³-hybridized carbons (Fsp3) is 0.333. The number of carbonyl (C=O) groups excluding carboxylic acids is 1. The van der Waals surface area contributed by atoms with Gasteiger partial charge in [0.2, 0.25) is 5.91 Å². The Labute approximate surface area is 138 Å². The molecular formula is C15H17Cl2N3O2. The number of aliphatic hydroxyl groups is 1. The molecule has 1 aromatic heterocycles. The monoisotopic (exact) mass is 341 g/mol. The molecule has 5 nitrogen and oxygen atoms in total. The maximum atomic E-state index is 10.8. The second kappa shape index (κ2) is 7.63. The van der Waals surface area contributed by atoms with E-state index in [2.05, 4.69) is 4.98 Å². The van der Waals surface area contributed by atoms with E-state index in [1.54, 1.807) is 12.1 Å². The summed E-state index contributed by atoms with van der Waals surface area (Å²) >= 11 is 12.1. The Morgan fingerprint density at radius 3 is 2.77 bits per heavy atom. The van der Waals surface area contributed by atoms with Crippen LogP contribution in [0.3, 0.4) is 0 Å². The van der Waals surface area contributed by atoms with Gasteiger partial charge in [0.15, 0.2) is 0 Å². The molecule has 7 heteroatoms. The Kier molecular flexibility index (Phi) is 5.83. The van der Waals surface area contributed by atoms with Gasteiger partial charge in [-0.3, -0.25) is 4.79 Å². The Bertz CT molecular complexity index is 671. The van der Waals surface area contributed by atoms with Crippen LogP contribution < -0.4 is 5.73 Å². The van der Waals surface area contributed by atoms with Gasteiger partial charge in [-0.05, 0) is 24.6 Å². The molecule has 0 bridgehead atoms. The van der Waals surface area contributed by atoms with E-state index in [9.17, 15) is 4.79 Å². The smallest absolute Gasteiger partial charge is 0.217 e. The molecule has 0 saturated heterocycles. The second-order valence-electron chi connectivity index (χ2n) is 4.90. The van der Waals surface area contributed by atoms with Crippen molar-refractivity contribution < 1.29 is 9.90 Å². The predicted molar refractivity (Wildman–Crippen MR) is 86.9 cm³/mol. The van der Waals surface area contributed by atoms with Gasteiger partial charge in [0, 0.05) is 36.2 Å². The summed E-state index contributed by atoms with van der Waals surface area (Å²) in [6, 6.07) is 5.22. The predicted octanol–water partition coefficient (Wildman–Crippen LogP) is 2.66. The zero-order valence-corrected chi connectivity index (χ0v) is 13.4. The maximum absolute atomic E-state index is 10.8.